The third-order valence-corrected chi connectivity index (χ3v) is 14.7. The highest BCUT2D eigenvalue weighted by Crippen LogP contribution is 2.48. The molecule has 15 heteroatoms. The topological polar surface area (TPSA) is 173 Å². The van der Waals surface area contributed by atoms with Gasteiger partial charge in [0.15, 0.2) is 0 Å². The van der Waals surface area contributed by atoms with Crippen LogP contribution in [0.3, 0.4) is 0 Å². The van der Waals surface area contributed by atoms with Crippen LogP contribution in [0.5, 0.6) is 5.75 Å². The number of carbonyl (C=O) groups excluding carboxylic acids is 4. The highest BCUT2D eigenvalue weighted by atomic mass is 32.2. The Balaban J connectivity index is 1.12. The molecular weight excluding hydrogens is 767 g/mol. The maximum Gasteiger partial charge on any atom is 0.408 e. The Morgan fingerprint density at radius 1 is 1.05 bits per heavy atom. The maximum atomic E-state index is 14.6. The van der Waals surface area contributed by atoms with Crippen LogP contribution in [0.2, 0.25) is 0 Å². The summed E-state index contributed by atoms with van der Waals surface area (Å²) in [6.45, 7) is 9.29. The van der Waals surface area contributed by atoms with Crippen molar-refractivity contribution in [2.75, 3.05) is 6.54 Å². The van der Waals surface area contributed by atoms with E-state index in [0.29, 0.717) is 24.3 Å². The van der Waals surface area contributed by atoms with Gasteiger partial charge in [-0.15, -0.1) is 17.9 Å². The molecule has 3 N–H and O–H groups in total. The quantitative estimate of drug-likeness (QED) is 0.177. The number of hydrogen-bond acceptors (Lipinski definition) is 10. The van der Waals surface area contributed by atoms with Gasteiger partial charge < -0.3 is 25.0 Å². The van der Waals surface area contributed by atoms with Crippen LogP contribution in [0.15, 0.2) is 78.8 Å². The average Bonchev–Trinajstić information content (AvgIpc) is 3.78. The van der Waals surface area contributed by atoms with Crippen LogP contribution in [0.25, 0.3) is 10.6 Å². The predicted octanol–water partition coefficient (Wildman–Crippen LogP) is 5.52. The van der Waals surface area contributed by atoms with Gasteiger partial charge in [-0.1, -0.05) is 63.2 Å². The van der Waals surface area contributed by atoms with Crippen LogP contribution in [0, 0.1) is 11.3 Å². The van der Waals surface area contributed by atoms with E-state index in [1.54, 1.807) is 18.3 Å². The summed E-state index contributed by atoms with van der Waals surface area (Å²) in [4.78, 5) is 63.1. The van der Waals surface area contributed by atoms with Crippen molar-refractivity contribution in [3.05, 3.63) is 84.4 Å². The zero-order valence-electron chi connectivity index (χ0n) is 32.6. The van der Waals surface area contributed by atoms with E-state index >= 15 is 0 Å². The fourth-order valence-electron chi connectivity index (χ4n) is 8.04. The van der Waals surface area contributed by atoms with Gasteiger partial charge in [0.05, 0.1) is 21.9 Å². The van der Waals surface area contributed by atoms with Gasteiger partial charge in [-0.05, 0) is 79.9 Å². The van der Waals surface area contributed by atoms with Crippen molar-refractivity contribution in [3.8, 4) is 16.3 Å². The first-order chi connectivity index (χ1) is 27.1. The molecule has 3 aliphatic carbocycles. The SMILES string of the molecule is C=C[C@@H]1C[C@]1(NC(=O)[C@@H]1C[C@@H](Oc2ccnc(-c3cccs3)c2)CN1C(=O)[C@@H](NC(=O)OC1CCCC1)C(C)(C)C)C(=O)NS(=O)(=O)C1(Cc2ccccc2)CC1. The van der Waals surface area contributed by atoms with E-state index in [1.165, 1.54) is 22.3 Å². The minimum atomic E-state index is -4.14. The molecule has 0 spiro atoms. The van der Waals surface area contributed by atoms with Crippen molar-refractivity contribution in [3.63, 3.8) is 0 Å². The van der Waals surface area contributed by atoms with Gasteiger partial charge in [-0.25, -0.2) is 13.2 Å². The van der Waals surface area contributed by atoms with E-state index in [-0.39, 0.29) is 31.9 Å². The second-order valence-corrected chi connectivity index (χ2v) is 19.9. The molecule has 3 saturated carbocycles. The van der Waals surface area contributed by atoms with Gasteiger partial charge in [0.2, 0.25) is 21.8 Å². The molecule has 3 aromatic rings. The van der Waals surface area contributed by atoms with Crippen LogP contribution < -0.4 is 20.1 Å². The largest absolute Gasteiger partial charge is 0.488 e. The maximum absolute atomic E-state index is 14.6. The standard InChI is InChI=1S/C42H51N5O8S2/c1-5-28-25-42(28,38(50)46-57(52,53)41(18-19-41)24-27-12-7-6-8-13-27)45-36(48)33-23-31(54-30-17-20-43-32(22-30)34-16-11-21-56-34)26-47(33)37(49)35(40(2,3)4)44-39(51)55-29-14-9-10-15-29/h5-8,11-13,16-17,20-22,28-29,31,33,35H,1,9-10,14-15,18-19,23-26H2,2-4H3,(H,44,51)(H,45,48)(H,46,50)/t28-,31-,33+,35-,42-/m1/s1. The Bertz CT molecular complexity index is 2090. The third-order valence-electron chi connectivity index (χ3n) is 11.6. The second-order valence-electron chi connectivity index (χ2n) is 16.9. The summed E-state index contributed by atoms with van der Waals surface area (Å²) >= 11 is 1.53. The molecule has 1 aromatic carbocycles. The number of sulfonamides is 1. The lowest BCUT2D eigenvalue weighted by Gasteiger charge is -2.35. The summed E-state index contributed by atoms with van der Waals surface area (Å²) in [6, 6.07) is 14.4. The van der Waals surface area contributed by atoms with Crippen molar-refractivity contribution in [2.24, 2.45) is 11.3 Å². The number of alkyl carbamates (subject to hydrolysis) is 1. The molecule has 4 fully saturated rings. The normalized spacial score (nSPS) is 24.5. The lowest BCUT2D eigenvalue weighted by atomic mass is 9.85. The van der Waals surface area contributed by atoms with E-state index in [2.05, 4.69) is 26.9 Å². The number of ether oxygens (including phenoxy) is 2. The summed E-state index contributed by atoms with van der Waals surface area (Å²) in [5, 5.41) is 7.60. The first-order valence-electron chi connectivity index (χ1n) is 19.6. The van der Waals surface area contributed by atoms with Crippen LogP contribution in [-0.4, -0.2) is 83.2 Å². The summed E-state index contributed by atoms with van der Waals surface area (Å²) in [5.41, 5.74) is -0.816. The molecule has 3 heterocycles. The average molecular weight is 818 g/mol. The summed E-state index contributed by atoms with van der Waals surface area (Å²) < 4.78 is 40.8. The molecule has 7 rings (SSSR count). The number of amides is 4. The molecule has 0 radical (unpaired) electrons. The van der Waals surface area contributed by atoms with Crippen molar-refractivity contribution in [1.82, 2.24) is 25.2 Å². The molecule has 304 valence electrons. The smallest absolute Gasteiger partial charge is 0.408 e. The first-order valence-corrected chi connectivity index (χ1v) is 22.0. The van der Waals surface area contributed by atoms with E-state index < -0.39 is 73.6 Å². The van der Waals surface area contributed by atoms with Crippen molar-refractivity contribution in [2.45, 2.75) is 113 Å². The Morgan fingerprint density at radius 3 is 2.42 bits per heavy atom. The fraction of sp³-hybridized carbons (Fsp3) is 0.500. The van der Waals surface area contributed by atoms with E-state index in [0.717, 1.165) is 36.1 Å². The summed E-state index contributed by atoms with van der Waals surface area (Å²) in [6.07, 6.45) is 6.28. The number of likely N-dealkylation sites (tertiary alicyclic amines) is 1. The minimum Gasteiger partial charge on any atom is -0.488 e. The van der Waals surface area contributed by atoms with Crippen LogP contribution in [-0.2, 0) is 35.6 Å². The molecule has 2 aromatic heterocycles. The molecule has 1 aliphatic heterocycles. The number of benzene rings is 1. The van der Waals surface area contributed by atoms with Crippen molar-refractivity contribution >= 4 is 45.2 Å². The van der Waals surface area contributed by atoms with Gasteiger partial charge in [0.25, 0.3) is 5.91 Å². The minimum absolute atomic E-state index is 0.0000205. The molecule has 57 heavy (non-hydrogen) atoms. The van der Waals surface area contributed by atoms with Crippen molar-refractivity contribution in [1.29, 1.82) is 0 Å². The number of aromatic nitrogens is 1. The Labute approximate surface area is 338 Å². The molecule has 0 bridgehead atoms. The number of nitrogens with zero attached hydrogens (tertiary/aromatic N) is 2. The molecule has 5 atom stereocenters. The number of pyridine rings is 1. The van der Waals surface area contributed by atoms with E-state index in [9.17, 15) is 27.6 Å². The van der Waals surface area contributed by atoms with Crippen LogP contribution in [0.4, 0.5) is 4.79 Å². The molecule has 4 aliphatic rings. The summed E-state index contributed by atoms with van der Waals surface area (Å²) in [7, 11) is -4.14. The molecular formula is C42H51N5O8S2. The Kier molecular flexibility index (Phi) is 11.3. The van der Waals surface area contributed by atoms with Gasteiger partial charge in [-0.2, -0.15) is 0 Å². The Hall–Kier alpha value is -4.76. The van der Waals surface area contributed by atoms with Gasteiger partial charge in [-0.3, -0.25) is 24.1 Å². The predicted molar refractivity (Wildman–Crippen MR) is 216 cm³/mol. The van der Waals surface area contributed by atoms with Crippen LogP contribution >= 0.6 is 11.3 Å². The third kappa shape index (κ3) is 8.74. The van der Waals surface area contributed by atoms with Gasteiger partial charge >= 0.3 is 6.09 Å². The number of nitrogens with one attached hydrogen (secondary N) is 3. The molecule has 13 nitrogen and oxygen atoms in total. The highest BCUT2D eigenvalue weighted by molar-refractivity contribution is 7.91. The van der Waals surface area contributed by atoms with Crippen LogP contribution in [0.1, 0.15) is 77.7 Å². The second kappa shape index (κ2) is 15.9. The lowest BCUT2D eigenvalue weighted by Crippen LogP contribution is -2.60. The number of rotatable bonds is 14. The monoisotopic (exact) mass is 817 g/mol. The molecule has 1 saturated heterocycles. The zero-order chi connectivity index (χ0) is 40.6. The van der Waals surface area contributed by atoms with Crippen molar-refractivity contribution < 1.29 is 37.1 Å². The van der Waals surface area contributed by atoms with E-state index in [4.69, 9.17) is 9.47 Å². The molecule has 0 unspecified atom stereocenters. The number of hydrogen-bond donors (Lipinski definition) is 3. The number of carbonyl (C=O) groups is 4. The van der Waals surface area contributed by atoms with Gasteiger partial charge in [0, 0.05) is 24.6 Å². The highest BCUT2D eigenvalue weighted by Gasteiger charge is 2.63. The fourth-order valence-corrected chi connectivity index (χ4v) is 10.4. The molecule has 4 amide bonds. The van der Waals surface area contributed by atoms with Gasteiger partial charge in [0.1, 0.15) is 35.6 Å². The summed E-state index contributed by atoms with van der Waals surface area (Å²) in [5.74, 6) is -2.05. The lowest BCUT2D eigenvalue weighted by molar-refractivity contribution is -0.143. The zero-order valence-corrected chi connectivity index (χ0v) is 34.2. The first kappa shape index (κ1) is 40.4. The van der Waals surface area contributed by atoms with E-state index in [1.807, 2.05) is 68.6 Å². The number of thiophene rings is 1. The Morgan fingerprint density at radius 2 is 1.79 bits per heavy atom.